The van der Waals surface area contributed by atoms with E-state index in [0.29, 0.717) is 0 Å². The Hall–Kier alpha value is -1.85. The highest BCUT2D eigenvalue weighted by Gasteiger charge is 2.53. The zero-order valence-electron chi connectivity index (χ0n) is 10.6. The van der Waals surface area contributed by atoms with Crippen LogP contribution in [0.2, 0.25) is 0 Å². The van der Waals surface area contributed by atoms with E-state index >= 15 is 0 Å². The predicted molar refractivity (Wildman–Crippen MR) is 60.4 cm³/mol. The number of hydrogen-bond acceptors (Lipinski definition) is 6. The highest BCUT2D eigenvalue weighted by Crippen LogP contribution is 2.34. The van der Waals surface area contributed by atoms with Crippen LogP contribution in [0.1, 0.15) is 20.8 Å². The number of hydrogen-bond donors (Lipinski definition) is 0. The van der Waals surface area contributed by atoms with E-state index in [0.717, 1.165) is 6.08 Å². The Morgan fingerprint density at radius 1 is 1.28 bits per heavy atom. The lowest BCUT2D eigenvalue weighted by molar-refractivity contribution is -0.175. The van der Waals surface area contributed by atoms with Crippen molar-refractivity contribution in [1.82, 2.24) is 0 Å². The van der Waals surface area contributed by atoms with Gasteiger partial charge in [0.05, 0.1) is 13.2 Å². The van der Waals surface area contributed by atoms with E-state index in [1.54, 1.807) is 13.8 Å². The summed E-state index contributed by atoms with van der Waals surface area (Å²) in [6.45, 7) is 4.64. The van der Waals surface area contributed by atoms with Crippen LogP contribution in [0.15, 0.2) is 11.6 Å². The third-order valence-electron chi connectivity index (χ3n) is 2.69. The molecule has 100 valence electrons. The maximum Gasteiger partial charge on any atom is 0.331 e. The summed E-state index contributed by atoms with van der Waals surface area (Å²) in [5.74, 6) is -2.11. The molecule has 0 aromatic carbocycles. The van der Waals surface area contributed by atoms with Crippen molar-refractivity contribution in [2.75, 3.05) is 19.8 Å². The SMILES string of the molecule is CCOC(=O)C1(C(=O)OCC)COC(=O)C=C1C. The first-order valence-electron chi connectivity index (χ1n) is 5.69. The molecule has 6 heteroatoms. The molecule has 0 fully saturated rings. The molecular weight excluding hydrogens is 240 g/mol. The molecule has 0 saturated carbocycles. The van der Waals surface area contributed by atoms with Crippen molar-refractivity contribution in [2.24, 2.45) is 5.41 Å². The van der Waals surface area contributed by atoms with Crippen LogP contribution in [0.5, 0.6) is 0 Å². The molecule has 0 unspecified atom stereocenters. The van der Waals surface area contributed by atoms with Gasteiger partial charge in [0.25, 0.3) is 0 Å². The van der Waals surface area contributed by atoms with Crippen LogP contribution in [0.25, 0.3) is 0 Å². The van der Waals surface area contributed by atoms with Crippen molar-refractivity contribution in [3.8, 4) is 0 Å². The minimum atomic E-state index is -1.67. The molecule has 1 aliphatic rings. The number of esters is 3. The predicted octanol–water partition coefficient (Wildman–Crippen LogP) is 0.602. The molecule has 18 heavy (non-hydrogen) atoms. The molecule has 0 aromatic rings. The summed E-state index contributed by atoms with van der Waals surface area (Å²) in [6.07, 6.45) is 1.11. The van der Waals surface area contributed by atoms with Crippen molar-refractivity contribution in [1.29, 1.82) is 0 Å². The third kappa shape index (κ3) is 2.37. The lowest BCUT2D eigenvalue weighted by Gasteiger charge is -2.31. The van der Waals surface area contributed by atoms with Gasteiger partial charge in [0.15, 0.2) is 0 Å². The van der Waals surface area contributed by atoms with E-state index in [-0.39, 0.29) is 25.4 Å². The molecule has 1 aliphatic heterocycles. The molecule has 0 aromatic heterocycles. The Bertz CT molecular complexity index is 377. The lowest BCUT2D eigenvalue weighted by atomic mass is 9.80. The summed E-state index contributed by atoms with van der Waals surface area (Å²) in [6, 6.07) is 0. The first kappa shape index (κ1) is 14.2. The van der Waals surface area contributed by atoms with Gasteiger partial charge in [-0.25, -0.2) is 4.79 Å². The molecular formula is C12H16O6. The maximum absolute atomic E-state index is 12.0. The number of cyclic esters (lactones) is 1. The van der Waals surface area contributed by atoms with Gasteiger partial charge in [0.2, 0.25) is 5.41 Å². The second kappa shape index (κ2) is 5.66. The van der Waals surface area contributed by atoms with Gasteiger partial charge in [-0.3, -0.25) is 9.59 Å². The van der Waals surface area contributed by atoms with Gasteiger partial charge in [-0.15, -0.1) is 0 Å². The van der Waals surface area contributed by atoms with E-state index in [1.165, 1.54) is 6.92 Å². The first-order valence-corrected chi connectivity index (χ1v) is 5.69. The Labute approximate surface area is 105 Å². The molecule has 0 bridgehead atoms. The summed E-state index contributed by atoms with van der Waals surface area (Å²) in [5, 5.41) is 0. The van der Waals surface area contributed by atoms with E-state index in [2.05, 4.69) is 0 Å². The molecule has 0 aliphatic carbocycles. The maximum atomic E-state index is 12.0. The van der Waals surface area contributed by atoms with Crippen LogP contribution in [-0.4, -0.2) is 37.7 Å². The Balaban J connectivity index is 3.17. The van der Waals surface area contributed by atoms with Gasteiger partial charge >= 0.3 is 17.9 Å². The van der Waals surface area contributed by atoms with Gasteiger partial charge in [-0.05, 0) is 26.3 Å². The largest absolute Gasteiger partial charge is 0.465 e. The van der Waals surface area contributed by atoms with E-state index in [1.807, 2.05) is 0 Å². The Kier molecular flexibility index (Phi) is 4.47. The zero-order chi connectivity index (χ0) is 13.8. The highest BCUT2D eigenvalue weighted by atomic mass is 16.6. The number of carbonyl (C=O) groups is 3. The summed E-state index contributed by atoms with van der Waals surface area (Å²) < 4.78 is 14.6. The fourth-order valence-electron chi connectivity index (χ4n) is 1.67. The smallest absolute Gasteiger partial charge is 0.331 e. The fourth-order valence-corrected chi connectivity index (χ4v) is 1.67. The number of carbonyl (C=O) groups excluding carboxylic acids is 3. The summed E-state index contributed by atoms with van der Waals surface area (Å²) in [5.41, 5.74) is -1.39. The summed E-state index contributed by atoms with van der Waals surface area (Å²) in [7, 11) is 0. The van der Waals surface area contributed by atoms with Crippen LogP contribution >= 0.6 is 0 Å². The van der Waals surface area contributed by atoms with Gasteiger partial charge in [0.1, 0.15) is 6.61 Å². The van der Waals surface area contributed by atoms with Crippen LogP contribution in [0, 0.1) is 5.41 Å². The monoisotopic (exact) mass is 256 g/mol. The molecule has 0 saturated heterocycles. The van der Waals surface area contributed by atoms with Gasteiger partial charge in [-0.1, -0.05) is 0 Å². The van der Waals surface area contributed by atoms with E-state index in [9.17, 15) is 14.4 Å². The molecule has 0 amide bonds. The Morgan fingerprint density at radius 2 is 1.78 bits per heavy atom. The average molecular weight is 256 g/mol. The van der Waals surface area contributed by atoms with E-state index < -0.39 is 23.3 Å². The van der Waals surface area contributed by atoms with Gasteiger partial charge in [0, 0.05) is 6.08 Å². The second-order valence-electron chi connectivity index (χ2n) is 3.78. The normalized spacial score (nSPS) is 17.5. The van der Waals surface area contributed by atoms with Crippen molar-refractivity contribution >= 4 is 17.9 Å². The minimum Gasteiger partial charge on any atom is -0.465 e. The molecule has 1 heterocycles. The highest BCUT2D eigenvalue weighted by molar-refractivity contribution is 6.06. The van der Waals surface area contributed by atoms with Crippen molar-refractivity contribution < 1.29 is 28.6 Å². The summed E-state index contributed by atoms with van der Waals surface area (Å²) >= 11 is 0. The third-order valence-corrected chi connectivity index (χ3v) is 2.69. The summed E-state index contributed by atoms with van der Waals surface area (Å²) in [4.78, 5) is 35.1. The van der Waals surface area contributed by atoms with Crippen molar-refractivity contribution in [3.63, 3.8) is 0 Å². The van der Waals surface area contributed by atoms with Crippen molar-refractivity contribution in [3.05, 3.63) is 11.6 Å². The van der Waals surface area contributed by atoms with Crippen LogP contribution in [-0.2, 0) is 28.6 Å². The molecule has 0 atom stereocenters. The minimum absolute atomic E-state index is 0.126. The average Bonchev–Trinajstić information content (AvgIpc) is 2.29. The zero-order valence-corrected chi connectivity index (χ0v) is 10.6. The van der Waals surface area contributed by atoms with Crippen LogP contribution in [0.3, 0.4) is 0 Å². The molecule has 0 radical (unpaired) electrons. The fraction of sp³-hybridized carbons (Fsp3) is 0.583. The Morgan fingerprint density at radius 3 is 2.17 bits per heavy atom. The van der Waals surface area contributed by atoms with Crippen LogP contribution in [0.4, 0.5) is 0 Å². The van der Waals surface area contributed by atoms with Crippen molar-refractivity contribution in [2.45, 2.75) is 20.8 Å². The topological polar surface area (TPSA) is 78.9 Å². The van der Waals surface area contributed by atoms with Gasteiger partial charge < -0.3 is 14.2 Å². The lowest BCUT2D eigenvalue weighted by Crippen LogP contribution is -2.49. The first-order chi connectivity index (χ1) is 8.48. The van der Waals surface area contributed by atoms with E-state index in [4.69, 9.17) is 14.2 Å². The second-order valence-corrected chi connectivity index (χ2v) is 3.78. The molecule has 6 nitrogen and oxygen atoms in total. The number of rotatable bonds is 4. The standard InChI is InChI=1S/C12H16O6/c1-4-16-10(14)12(11(15)17-5-2)7-18-9(13)6-8(12)3/h6H,4-5,7H2,1-3H3. The molecule has 0 N–H and O–H groups in total. The molecule has 0 spiro atoms. The van der Waals surface area contributed by atoms with Crippen LogP contribution < -0.4 is 0 Å². The number of ether oxygens (including phenoxy) is 3. The molecule has 1 rings (SSSR count). The quantitative estimate of drug-likeness (QED) is 0.416. The van der Waals surface area contributed by atoms with Gasteiger partial charge in [-0.2, -0.15) is 0 Å².